The molecule has 0 aromatic carbocycles. The largest absolute Gasteiger partial charge is 0.347 e. The summed E-state index contributed by atoms with van der Waals surface area (Å²) in [4.78, 5) is 15.9. The van der Waals surface area contributed by atoms with Crippen molar-refractivity contribution >= 4 is 27.6 Å². The van der Waals surface area contributed by atoms with Gasteiger partial charge in [0.1, 0.15) is 10.3 Å². The summed E-state index contributed by atoms with van der Waals surface area (Å²) in [5.74, 6) is 0.740. The zero-order valence-corrected chi connectivity index (χ0v) is 9.30. The average Bonchev–Trinajstić information content (AvgIpc) is 2.58. The van der Waals surface area contributed by atoms with E-state index >= 15 is 0 Å². The molecule has 0 aliphatic rings. The van der Waals surface area contributed by atoms with Crippen molar-refractivity contribution in [3.63, 3.8) is 0 Å². The fourth-order valence-electron chi connectivity index (χ4n) is 1.14. The second-order valence-electron chi connectivity index (χ2n) is 3.22. The Labute approximate surface area is 86.6 Å². The third-order valence-electron chi connectivity index (χ3n) is 1.89. The number of nitrogens with zero attached hydrogens (tertiary/aromatic N) is 4. The predicted molar refractivity (Wildman–Crippen MR) is 58.9 cm³/mol. The van der Waals surface area contributed by atoms with Crippen molar-refractivity contribution in [1.82, 2.24) is 15.0 Å². The molecule has 2 rings (SSSR count). The van der Waals surface area contributed by atoms with Gasteiger partial charge in [0, 0.05) is 14.1 Å². The van der Waals surface area contributed by atoms with Crippen LogP contribution in [-0.4, -0.2) is 29.0 Å². The van der Waals surface area contributed by atoms with E-state index in [0.29, 0.717) is 0 Å². The predicted octanol–water partition coefficient (Wildman–Crippen LogP) is 1.71. The van der Waals surface area contributed by atoms with Gasteiger partial charge in [0.05, 0.1) is 11.2 Å². The van der Waals surface area contributed by atoms with E-state index in [4.69, 9.17) is 0 Å². The fraction of sp³-hybridized carbons (Fsp3) is 0.444. The highest BCUT2D eigenvalue weighted by molar-refractivity contribution is 7.18. The Morgan fingerprint density at radius 1 is 1.36 bits per heavy atom. The Morgan fingerprint density at radius 3 is 2.79 bits per heavy atom. The van der Waals surface area contributed by atoms with Crippen molar-refractivity contribution in [3.8, 4) is 0 Å². The summed E-state index contributed by atoms with van der Waals surface area (Å²) in [5.41, 5.74) is 0.900. The van der Waals surface area contributed by atoms with Crippen LogP contribution in [0.1, 0.15) is 11.9 Å². The molecule has 0 saturated heterocycles. The van der Waals surface area contributed by atoms with Crippen LogP contribution in [0.4, 0.5) is 5.95 Å². The number of hydrogen-bond acceptors (Lipinski definition) is 5. The van der Waals surface area contributed by atoms with Crippen LogP contribution in [0.15, 0.2) is 6.20 Å². The van der Waals surface area contributed by atoms with E-state index < -0.39 is 0 Å². The highest BCUT2D eigenvalue weighted by atomic mass is 32.1. The second kappa shape index (κ2) is 3.49. The lowest BCUT2D eigenvalue weighted by atomic mass is 10.5. The van der Waals surface area contributed by atoms with Crippen LogP contribution in [0.5, 0.6) is 0 Å². The SMILES string of the molecule is CCc1nc2cnc(N(C)C)nc2s1. The smallest absolute Gasteiger partial charge is 0.226 e. The number of anilines is 1. The summed E-state index contributed by atoms with van der Waals surface area (Å²) in [6.07, 6.45) is 2.74. The second-order valence-corrected chi connectivity index (χ2v) is 4.28. The van der Waals surface area contributed by atoms with Crippen LogP contribution in [0.2, 0.25) is 0 Å². The topological polar surface area (TPSA) is 41.9 Å². The number of aryl methyl sites for hydroxylation is 1. The molecule has 0 fully saturated rings. The first-order valence-corrected chi connectivity index (χ1v) is 5.32. The summed E-state index contributed by atoms with van der Waals surface area (Å²) in [5, 5.41) is 1.12. The molecule has 0 bridgehead atoms. The van der Waals surface area contributed by atoms with Crippen LogP contribution < -0.4 is 4.90 Å². The molecule has 14 heavy (non-hydrogen) atoms. The number of fused-ring (bicyclic) bond motifs is 1. The van der Waals surface area contributed by atoms with E-state index in [1.165, 1.54) is 0 Å². The number of aromatic nitrogens is 3. The van der Waals surface area contributed by atoms with Crippen molar-refractivity contribution in [2.75, 3.05) is 19.0 Å². The van der Waals surface area contributed by atoms with E-state index in [2.05, 4.69) is 21.9 Å². The molecule has 2 heterocycles. The van der Waals surface area contributed by atoms with Gasteiger partial charge in [-0.1, -0.05) is 18.3 Å². The van der Waals surface area contributed by atoms with Crippen molar-refractivity contribution in [2.45, 2.75) is 13.3 Å². The van der Waals surface area contributed by atoms with Crippen LogP contribution >= 0.6 is 11.3 Å². The van der Waals surface area contributed by atoms with Crippen LogP contribution in [0.3, 0.4) is 0 Å². The van der Waals surface area contributed by atoms with Gasteiger partial charge < -0.3 is 4.90 Å². The van der Waals surface area contributed by atoms with Crippen LogP contribution in [-0.2, 0) is 6.42 Å². The molecule has 0 atom stereocenters. The van der Waals surface area contributed by atoms with Crippen molar-refractivity contribution in [1.29, 1.82) is 0 Å². The lowest BCUT2D eigenvalue weighted by Gasteiger charge is -2.07. The molecule has 4 nitrogen and oxygen atoms in total. The lowest BCUT2D eigenvalue weighted by Crippen LogP contribution is -2.11. The standard InChI is InChI=1S/C9H12N4S/c1-4-7-11-6-5-10-9(13(2)3)12-8(6)14-7/h5H,4H2,1-3H3. The third-order valence-corrected chi connectivity index (χ3v) is 2.99. The first-order valence-electron chi connectivity index (χ1n) is 4.50. The molecule has 0 saturated carbocycles. The summed E-state index contributed by atoms with van der Waals surface area (Å²) < 4.78 is 0. The van der Waals surface area contributed by atoms with Gasteiger partial charge >= 0.3 is 0 Å². The summed E-state index contributed by atoms with van der Waals surface area (Å²) in [7, 11) is 3.87. The quantitative estimate of drug-likeness (QED) is 0.753. The first-order chi connectivity index (χ1) is 6.70. The monoisotopic (exact) mass is 208 g/mol. The molecule has 74 valence electrons. The van der Waals surface area contributed by atoms with E-state index in [0.717, 1.165) is 27.7 Å². The highest BCUT2D eigenvalue weighted by Gasteiger charge is 2.06. The Morgan fingerprint density at radius 2 is 2.14 bits per heavy atom. The van der Waals surface area contributed by atoms with Gasteiger partial charge in [-0.25, -0.2) is 15.0 Å². The van der Waals surface area contributed by atoms with Gasteiger partial charge in [-0.2, -0.15) is 0 Å². The van der Waals surface area contributed by atoms with E-state index in [1.807, 2.05) is 19.0 Å². The summed E-state index contributed by atoms with van der Waals surface area (Å²) in [6, 6.07) is 0. The van der Waals surface area contributed by atoms with Gasteiger partial charge in [-0.05, 0) is 6.42 Å². The summed E-state index contributed by atoms with van der Waals surface area (Å²) in [6.45, 7) is 2.10. The minimum Gasteiger partial charge on any atom is -0.347 e. The molecular formula is C9H12N4S. The number of rotatable bonds is 2. The molecule has 0 N–H and O–H groups in total. The number of thiazole rings is 1. The minimum absolute atomic E-state index is 0.740. The van der Waals surface area contributed by atoms with E-state index in [1.54, 1.807) is 17.5 Å². The molecule has 0 aliphatic carbocycles. The molecule has 0 amide bonds. The minimum atomic E-state index is 0.740. The maximum Gasteiger partial charge on any atom is 0.226 e. The van der Waals surface area contributed by atoms with E-state index in [-0.39, 0.29) is 0 Å². The Bertz CT molecular complexity index is 449. The average molecular weight is 208 g/mol. The van der Waals surface area contributed by atoms with Crippen molar-refractivity contribution < 1.29 is 0 Å². The van der Waals surface area contributed by atoms with Gasteiger partial charge in [-0.3, -0.25) is 0 Å². The van der Waals surface area contributed by atoms with Gasteiger partial charge in [0.25, 0.3) is 0 Å². The first kappa shape index (κ1) is 9.33. The maximum atomic E-state index is 4.41. The molecule has 0 aliphatic heterocycles. The zero-order chi connectivity index (χ0) is 10.1. The van der Waals surface area contributed by atoms with E-state index in [9.17, 15) is 0 Å². The molecule has 0 radical (unpaired) electrons. The van der Waals surface area contributed by atoms with Gasteiger partial charge in [0.2, 0.25) is 5.95 Å². The van der Waals surface area contributed by atoms with Gasteiger partial charge in [-0.15, -0.1) is 0 Å². The van der Waals surface area contributed by atoms with Gasteiger partial charge in [0.15, 0.2) is 0 Å². The Balaban J connectivity index is 2.54. The molecule has 5 heteroatoms. The zero-order valence-electron chi connectivity index (χ0n) is 8.48. The highest BCUT2D eigenvalue weighted by Crippen LogP contribution is 2.21. The lowest BCUT2D eigenvalue weighted by molar-refractivity contribution is 1.02. The van der Waals surface area contributed by atoms with Crippen LogP contribution in [0, 0.1) is 0 Å². The van der Waals surface area contributed by atoms with Crippen molar-refractivity contribution in [3.05, 3.63) is 11.2 Å². The normalized spacial score (nSPS) is 10.8. The Hall–Kier alpha value is -1.23. The maximum absolute atomic E-state index is 4.41. The molecule has 2 aromatic heterocycles. The van der Waals surface area contributed by atoms with Crippen molar-refractivity contribution in [2.24, 2.45) is 0 Å². The fourth-order valence-corrected chi connectivity index (χ4v) is 1.98. The third kappa shape index (κ3) is 1.55. The Kier molecular flexibility index (Phi) is 2.33. The number of hydrogen-bond donors (Lipinski definition) is 0. The molecular weight excluding hydrogens is 196 g/mol. The summed E-state index contributed by atoms with van der Waals surface area (Å²) >= 11 is 1.64. The van der Waals surface area contributed by atoms with Crippen LogP contribution in [0.25, 0.3) is 10.3 Å². The molecule has 0 unspecified atom stereocenters. The molecule has 2 aromatic rings. The molecule has 0 spiro atoms.